The number of carbonyl (C=O) groups is 1. The normalized spacial score (nSPS) is 10.3. The maximum Gasteiger partial charge on any atom is 0.251 e. The number of nitrogens with zero attached hydrogens (tertiary/aromatic N) is 1. The van der Waals surface area contributed by atoms with E-state index >= 15 is 0 Å². The van der Waals surface area contributed by atoms with Crippen molar-refractivity contribution in [3.8, 4) is 0 Å². The van der Waals surface area contributed by atoms with Gasteiger partial charge in [-0.1, -0.05) is 12.1 Å². The van der Waals surface area contributed by atoms with E-state index in [4.69, 9.17) is 5.73 Å². The first-order valence-corrected chi connectivity index (χ1v) is 6.63. The molecule has 0 bridgehead atoms. The lowest BCUT2D eigenvalue weighted by atomic mass is 10.1. The third kappa shape index (κ3) is 3.38. The quantitative estimate of drug-likeness (QED) is 0.858. The molecule has 1 aromatic heterocycles. The first-order chi connectivity index (χ1) is 8.79. The Kier molecular flexibility index (Phi) is 4.44. The van der Waals surface area contributed by atoms with Crippen LogP contribution < -0.4 is 11.1 Å². The Balaban J connectivity index is 1.87. The van der Waals surface area contributed by atoms with E-state index < -0.39 is 0 Å². The minimum absolute atomic E-state index is 0.0677. The molecule has 94 valence electrons. The summed E-state index contributed by atoms with van der Waals surface area (Å²) in [6, 6.07) is 7.36. The second-order valence-corrected chi connectivity index (χ2v) is 4.82. The van der Waals surface area contributed by atoms with E-state index in [1.54, 1.807) is 23.6 Å². The van der Waals surface area contributed by atoms with Gasteiger partial charge in [-0.25, -0.2) is 4.98 Å². The zero-order valence-corrected chi connectivity index (χ0v) is 10.7. The lowest BCUT2D eigenvalue weighted by Gasteiger charge is -2.05. The second-order valence-electron chi connectivity index (χ2n) is 3.84. The number of nitrogens with one attached hydrogen (secondary N) is 1. The molecule has 4 nitrogen and oxygen atoms in total. The van der Waals surface area contributed by atoms with Crippen molar-refractivity contribution in [1.29, 1.82) is 0 Å². The van der Waals surface area contributed by atoms with Crippen molar-refractivity contribution in [1.82, 2.24) is 10.3 Å². The van der Waals surface area contributed by atoms with Crippen LogP contribution in [-0.2, 0) is 13.0 Å². The van der Waals surface area contributed by atoms with Crippen molar-refractivity contribution in [3.05, 3.63) is 52.0 Å². The van der Waals surface area contributed by atoms with Gasteiger partial charge in [0.15, 0.2) is 0 Å². The van der Waals surface area contributed by atoms with Crippen molar-refractivity contribution >= 4 is 17.2 Å². The molecule has 0 aliphatic rings. The van der Waals surface area contributed by atoms with Gasteiger partial charge >= 0.3 is 0 Å². The molecule has 0 atom stereocenters. The Morgan fingerprint density at radius 1 is 1.44 bits per heavy atom. The van der Waals surface area contributed by atoms with Gasteiger partial charge in [0.2, 0.25) is 0 Å². The van der Waals surface area contributed by atoms with Crippen LogP contribution in [0, 0.1) is 0 Å². The molecule has 0 radical (unpaired) electrons. The van der Waals surface area contributed by atoms with Crippen LogP contribution in [0.1, 0.15) is 20.9 Å². The summed E-state index contributed by atoms with van der Waals surface area (Å²) in [5.41, 5.74) is 7.16. The van der Waals surface area contributed by atoms with Gasteiger partial charge in [0.1, 0.15) is 0 Å². The number of thiazole rings is 1. The average molecular weight is 261 g/mol. The Labute approximate surface area is 110 Å². The number of carbonyl (C=O) groups excluding carboxylic acids is 1. The van der Waals surface area contributed by atoms with Crippen LogP contribution >= 0.6 is 11.3 Å². The number of benzene rings is 1. The molecule has 0 spiro atoms. The molecule has 0 aliphatic heterocycles. The molecule has 3 N–H and O–H groups in total. The smallest absolute Gasteiger partial charge is 0.251 e. The van der Waals surface area contributed by atoms with E-state index in [-0.39, 0.29) is 5.91 Å². The van der Waals surface area contributed by atoms with Crippen LogP contribution in [0.15, 0.2) is 35.8 Å². The Bertz CT molecular complexity index is 511. The number of aromatic nitrogens is 1. The van der Waals surface area contributed by atoms with E-state index in [2.05, 4.69) is 10.3 Å². The standard InChI is InChI=1S/C13H15N3OS/c14-9-10-2-1-3-11(8-10)13(17)16-5-4-12-15-6-7-18-12/h1-3,6-8H,4-5,9,14H2,(H,16,17). The topological polar surface area (TPSA) is 68.0 Å². The zero-order chi connectivity index (χ0) is 12.8. The monoisotopic (exact) mass is 261 g/mol. The highest BCUT2D eigenvalue weighted by molar-refractivity contribution is 7.09. The summed E-state index contributed by atoms with van der Waals surface area (Å²) in [5.74, 6) is -0.0677. The van der Waals surface area contributed by atoms with Gasteiger partial charge in [-0.05, 0) is 17.7 Å². The summed E-state index contributed by atoms with van der Waals surface area (Å²) in [7, 11) is 0. The molecular formula is C13H15N3OS. The highest BCUT2D eigenvalue weighted by Crippen LogP contribution is 2.06. The largest absolute Gasteiger partial charge is 0.352 e. The Morgan fingerprint density at radius 3 is 3.06 bits per heavy atom. The van der Waals surface area contributed by atoms with Gasteiger partial charge in [0.05, 0.1) is 5.01 Å². The van der Waals surface area contributed by atoms with Crippen LogP contribution in [0.2, 0.25) is 0 Å². The van der Waals surface area contributed by atoms with E-state index in [1.807, 2.05) is 23.6 Å². The number of rotatable bonds is 5. The molecule has 0 saturated heterocycles. The minimum atomic E-state index is -0.0677. The van der Waals surface area contributed by atoms with Gasteiger partial charge in [0.25, 0.3) is 5.91 Å². The molecule has 5 heteroatoms. The summed E-state index contributed by atoms with van der Waals surface area (Å²) < 4.78 is 0. The van der Waals surface area contributed by atoms with Gasteiger partial charge in [-0.15, -0.1) is 11.3 Å². The predicted molar refractivity (Wildman–Crippen MR) is 72.5 cm³/mol. The molecule has 18 heavy (non-hydrogen) atoms. The van der Waals surface area contributed by atoms with Crippen molar-refractivity contribution in [2.24, 2.45) is 5.73 Å². The van der Waals surface area contributed by atoms with Crippen LogP contribution in [0.3, 0.4) is 0 Å². The molecule has 0 fully saturated rings. The predicted octanol–water partition coefficient (Wildman–Crippen LogP) is 1.57. The number of hydrogen-bond donors (Lipinski definition) is 2. The van der Waals surface area contributed by atoms with Crippen molar-refractivity contribution in [3.63, 3.8) is 0 Å². The summed E-state index contributed by atoms with van der Waals surface area (Å²) in [5, 5.41) is 5.84. The fourth-order valence-corrected chi connectivity index (χ4v) is 2.22. The molecule has 0 saturated carbocycles. The van der Waals surface area contributed by atoms with Gasteiger partial charge in [-0.3, -0.25) is 4.79 Å². The first-order valence-electron chi connectivity index (χ1n) is 5.75. The molecular weight excluding hydrogens is 246 g/mol. The molecule has 1 aromatic carbocycles. The van der Waals surface area contributed by atoms with Crippen molar-refractivity contribution in [2.45, 2.75) is 13.0 Å². The highest BCUT2D eigenvalue weighted by Gasteiger charge is 2.05. The third-order valence-corrected chi connectivity index (χ3v) is 3.37. The lowest BCUT2D eigenvalue weighted by molar-refractivity contribution is 0.0954. The fourth-order valence-electron chi connectivity index (χ4n) is 1.60. The summed E-state index contributed by atoms with van der Waals surface area (Å²) >= 11 is 1.60. The van der Waals surface area contributed by atoms with Gasteiger partial charge in [-0.2, -0.15) is 0 Å². The fraction of sp³-hybridized carbons (Fsp3) is 0.231. The third-order valence-electron chi connectivity index (χ3n) is 2.53. The van der Waals surface area contributed by atoms with Crippen LogP contribution in [-0.4, -0.2) is 17.4 Å². The second kappa shape index (κ2) is 6.28. The number of nitrogens with two attached hydrogens (primary N) is 1. The number of hydrogen-bond acceptors (Lipinski definition) is 4. The zero-order valence-electron chi connectivity index (χ0n) is 9.93. The molecule has 0 unspecified atom stereocenters. The Hall–Kier alpha value is -1.72. The summed E-state index contributed by atoms with van der Waals surface area (Å²) in [6.07, 6.45) is 2.53. The van der Waals surface area contributed by atoms with Gasteiger partial charge < -0.3 is 11.1 Å². The minimum Gasteiger partial charge on any atom is -0.352 e. The van der Waals surface area contributed by atoms with Crippen LogP contribution in [0.25, 0.3) is 0 Å². The van der Waals surface area contributed by atoms with Crippen LogP contribution in [0.4, 0.5) is 0 Å². The lowest BCUT2D eigenvalue weighted by Crippen LogP contribution is -2.25. The summed E-state index contributed by atoms with van der Waals surface area (Å²) in [6.45, 7) is 1.04. The molecule has 1 amide bonds. The van der Waals surface area contributed by atoms with E-state index in [0.29, 0.717) is 18.7 Å². The summed E-state index contributed by atoms with van der Waals surface area (Å²) in [4.78, 5) is 16.0. The maximum atomic E-state index is 11.9. The van der Waals surface area contributed by atoms with E-state index in [0.717, 1.165) is 17.0 Å². The number of amides is 1. The molecule has 2 aromatic rings. The SMILES string of the molecule is NCc1cccc(C(=O)NCCc2nccs2)c1. The highest BCUT2D eigenvalue weighted by atomic mass is 32.1. The van der Waals surface area contributed by atoms with Crippen molar-refractivity contribution < 1.29 is 4.79 Å². The van der Waals surface area contributed by atoms with Gasteiger partial charge in [0, 0.05) is 36.7 Å². The molecule has 2 rings (SSSR count). The molecule has 1 heterocycles. The van der Waals surface area contributed by atoms with E-state index in [1.165, 1.54) is 0 Å². The Morgan fingerprint density at radius 2 is 2.33 bits per heavy atom. The average Bonchev–Trinajstić information content (AvgIpc) is 2.92. The molecule has 0 aliphatic carbocycles. The van der Waals surface area contributed by atoms with E-state index in [9.17, 15) is 4.79 Å². The maximum absolute atomic E-state index is 11.9. The first kappa shape index (κ1) is 12.7. The van der Waals surface area contributed by atoms with Crippen molar-refractivity contribution in [2.75, 3.05) is 6.54 Å². The van der Waals surface area contributed by atoms with Crippen LogP contribution in [0.5, 0.6) is 0 Å².